The summed E-state index contributed by atoms with van der Waals surface area (Å²) in [6.07, 6.45) is 29.5. The van der Waals surface area contributed by atoms with E-state index in [1.54, 1.807) is 16.7 Å². The Hall–Kier alpha value is -2.37. The van der Waals surface area contributed by atoms with E-state index in [0.29, 0.717) is 29.5 Å². The summed E-state index contributed by atoms with van der Waals surface area (Å²) in [5, 5.41) is 11.1. The molecule has 4 fully saturated rings. The average Bonchev–Trinajstić information content (AvgIpc) is 3.37. The van der Waals surface area contributed by atoms with Crippen molar-refractivity contribution >= 4 is 5.78 Å². The van der Waals surface area contributed by atoms with Crippen LogP contribution in [-0.2, 0) is 4.79 Å². The summed E-state index contributed by atoms with van der Waals surface area (Å²) in [5.74, 6) is 8.59. The van der Waals surface area contributed by atoms with Crippen LogP contribution in [0.15, 0.2) is 70.9 Å². The Labute approximate surface area is 266 Å². The Morgan fingerprint density at radius 2 is 1.36 bits per heavy atom. The third-order valence-electron chi connectivity index (χ3n) is 14.8. The number of Topliss-reactive ketones (excluding diaryl/α,β-unsaturated/α-hetero) is 1. The van der Waals surface area contributed by atoms with Gasteiger partial charge in [-0.1, -0.05) is 68.4 Å². The molecule has 0 aromatic heterocycles. The first-order chi connectivity index (χ1) is 20.9. The molecule has 2 heteroatoms. The average molecular weight is 591 g/mol. The molecular formula is C42H54O2. The lowest BCUT2D eigenvalue weighted by atomic mass is 9.51. The second kappa shape index (κ2) is 10.6. The van der Waals surface area contributed by atoms with E-state index in [0.717, 1.165) is 66.9 Å². The van der Waals surface area contributed by atoms with Crippen molar-refractivity contribution in [2.45, 2.75) is 110 Å². The lowest BCUT2D eigenvalue weighted by Crippen LogP contribution is -2.51. The van der Waals surface area contributed by atoms with Crippen molar-refractivity contribution in [1.29, 1.82) is 0 Å². The van der Waals surface area contributed by atoms with E-state index in [2.05, 4.69) is 71.1 Å². The second-order valence-electron chi connectivity index (χ2n) is 16.7. The van der Waals surface area contributed by atoms with Gasteiger partial charge in [0.1, 0.15) is 0 Å². The van der Waals surface area contributed by atoms with Gasteiger partial charge >= 0.3 is 0 Å². The Balaban J connectivity index is 0.000000143. The van der Waals surface area contributed by atoms with Gasteiger partial charge in [-0.25, -0.2) is 0 Å². The van der Waals surface area contributed by atoms with Crippen molar-refractivity contribution in [3.05, 3.63) is 70.9 Å². The van der Waals surface area contributed by atoms with Crippen LogP contribution in [0, 0.1) is 70.5 Å². The Bertz CT molecular complexity index is 1460. The molecule has 234 valence electrons. The van der Waals surface area contributed by atoms with Crippen LogP contribution in [0.5, 0.6) is 0 Å². The smallest absolute Gasteiger partial charge is 0.164 e. The molecule has 8 aliphatic carbocycles. The van der Waals surface area contributed by atoms with Crippen LogP contribution >= 0.6 is 0 Å². The molecule has 0 aromatic carbocycles. The molecule has 0 radical (unpaired) electrons. The summed E-state index contributed by atoms with van der Waals surface area (Å²) < 4.78 is 0. The highest BCUT2D eigenvalue weighted by atomic mass is 16.3. The van der Waals surface area contributed by atoms with Crippen LogP contribution < -0.4 is 0 Å². The summed E-state index contributed by atoms with van der Waals surface area (Å²) in [6, 6.07) is 0. The third-order valence-corrected chi connectivity index (χ3v) is 14.8. The molecule has 0 aliphatic heterocycles. The zero-order valence-corrected chi connectivity index (χ0v) is 27.8. The Morgan fingerprint density at radius 1 is 0.818 bits per heavy atom. The van der Waals surface area contributed by atoms with Gasteiger partial charge in [0.25, 0.3) is 0 Å². The predicted octanol–water partition coefficient (Wildman–Crippen LogP) is 9.50. The van der Waals surface area contributed by atoms with Crippen LogP contribution in [0.1, 0.15) is 105 Å². The molecule has 0 aromatic rings. The third kappa shape index (κ3) is 4.27. The van der Waals surface area contributed by atoms with Crippen molar-refractivity contribution in [3.8, 4) is 12.3 Å². The lowest BCUT2D eigenvalue weighted by Gasteiger charge is -2.53. The van der Waals surface area contributed by atoms with Gasteiger partial charge in [-0.3, -0.25) is 4.79 Å². The van der Waals surface area contributed by atoms with E-state index in [4.69, 9.17) is 6.42 Å². The van der Waals surface area contributed by atoms with E-state index < -0.39 is 5.60 Å². The van der Waals surface area contributed by atoms with Gasteiger partial charge in [-0.05, 0) is 161 Å². The number of hydrogen-bond acceptors (Lipinski definition) is 2. The first kappa shape index (κ1) is 30.3. The molecule has 0 heterocycles. The number of terminal acetylenes is 1. The quantitative estimate of drug-likeness (QED) is 0.173. The Morgan fingerprint density at radius 3 is 1.93 bits per heavy atom. The van der Waals surface area contributed by atoms with Crippen LogP contribution in [0.3, 0.4) is 0 Å². The highest BCUT2D eigenvalue weighted by Crippen LogP contribution is 2.65. The van der Waals surface area contributed by atoms with Crippen LogP contribution in [0.2, 0.25) is 0 Å². The minimum absolute atomic E-state index is 0.0932. The Kier molecular flexibility index (Phi) is 7.29. The number of ketones is 1. The zero-order chi connectivity index (χ0) is 31.2. The number of rotatable bonds is 0. The van der Waals surface area contributed by atoms with E-state index in [1.807, 2.05) is 0 Å². The largest absolute Gasteiger partial charge is 0.373 e. The maximum absolute atomic E-state index is 12.5. The van der Waals surface area contributed by atoms with E-state index in [1.165, 1.54) is 50.5 Å². The van der Waals surface area contributed by atoms with Gasteiger partial charge in [-0.2, -0.15) is 0 Å². The SMILES string of the molecule is C#C[C@]1(O)C(=C)C[C@H]2[C@@H]3CC=C4C=C(C)CC[C@@H]4[C@H]3CC[C@@]21C.C=C1C[C@H]2[C@@H]3CC=C4C=C(C)CC[C@@H]4[C@H]3CC[C@]2(C)C1=O. The number of carbonyl (C=O) groups excluding carboxylic acids is 1. The number of carbonyl (C=O) groups is 1. The molecule has 8 aliphatic rings. The molecule has 1 N–H and O–H groups in total. The van der Waals surface area contributed by atoms with Crippen molar-refractivity contribution in [3.63, 3.8) is 0 Å². The standard InChI is InChI=1S/C22H28O.C20H26O/c1-5-22(23)15(3)13-20-19-9-7-16-12-14(2)6-8-17(16)18(19)10-11-21(20,22)4;1-12-4-6-15-14(10-12)5-7-17-16(15)8-9-20(3)18(17)11-13(2)19(20)21/h1,7,12,17-20,23H,3,6,8-11,13H2,2,4H3;5,10,15-18H,2,4,6-9,11H2,1,3H3/t17-,18+,19+,20-,21-,22-;15-,16+,17+,18-,20-/m00/s1. The predicted molar refractivity (Wildman–Crippen MR) is 180 cm³/mol. The molecule has 44 heavy (non-hydrogen) atoms. The first-order valence-corrected chi connectivity index (χ1v) is 17.8. The van der Waals surface area contributed by atoms with Gasteiger partial charge in [0.15, 0.2) is 11.4 Å². The minimum atomic E-state index is -1.10. The zero-order valence-electron chi connectivity index (χ0n) is 27.8. The molecule has 8 rings (SSSR count). The second-order valence-corrected chi connectivity index (χ2v) is 16.7. The number of hydrogen-bond donors (Lipinski definition) is 1. The maximum atomic E-state index is 12.5. The van der Waals surface area contributed by atoms with Crippen LogP contribution in [0.25, 0.3) is 0 Å². The number of aliphatic hydroxyl groups is 1. The minimum Gasteiger partial charge on any atom is -0.373 e. The van der Waals surface area contributed by atoms with Crippen LogP contribution in [0.4, 0.5) is 0 Å². The highest BCUT2D eigenvalue weighted by molar-refractivity contribution is 6.02. The maximum Gasteiger partial charge on any atom is 0.164 e. The van der Waals surface area contributed by atoms with Gasteiger partial charge in [0.05, 0.1) is 0 Å². The topological polar surface area (TPSA) is 37.3 Å². The van der Waals surface area contributed by atoms with Crippen molar-refractivity contribution in [2.75, 3.05) is 0 Å². The van der Waals surface area contributed by atoms with Crippen LogP contribution in [-0.4, -0.2) is 16.5 Å². The fraction of sp³-hybridized carbons (Fsp3) is 0.643. The highest BCUT2D eigenvalue weighted by Gasteiger charge is 2.63. The summed E-state index contributed by atoms with van der Waals surface area (Å²) in [5.41, 5.74) is 6.66. The van der Waals surface area contributed by atoms with E-state index in [9.17, 15) is 9.90 Å². The van der Waals surface area contributed by atoms with Gasteiger partial charge < -0.3 is 5.11 Å². The van der Waals surface area contributed by atoms with Crippen molar-refractivity contribution < 1.29 is 9.90 Å². The molecule has 0 amide bonds. The van der Waals surface area contributed by atoms with Gasteiger partial charge in [-0.15, -0.1) is 6.42 Å². The van der Waals surface area contributed by atoms with E-state index in [-0.39, 0.29) is 10.8 Å². The first-order valence-electron chi connectivity index (χ1n) is 17.8. The molecule has 0 bridgehead atoms. The fourth-order valence-corrected chi connectivity index (χ4v) is 12.2. The van der Waals surface area contributed by atoms with Crippen molar-refractivity contribution in [2.24, 2.45) is 58.2 Å². The summed E-state index contributed by atoms with van der Waals surface area (Å²) in [6.45, 7) is 17.2. The molecule has 0 spiro atoms. The van der Waals surface area contributed by atoms with E-state index >= 15 is 0 Å². The number of allylic oxidation sites excluding steroid dienone is 9. The fourth-order valence-electron chi connectivity index (χ4n) is 12.2. The molecule has 11 atom stereocenters. The molecule has 0 unspecified atom stereocenters. The van der Waals surface area contributed by atoms with Gasteiger partial charge in [0.2, 0.25) is 0 Å². The molecule has 0 saturated heterocycles. The summed E-state index contributed by atoms with van der Waals surface area (Å²) >= 11 is 0. The van der Waals surface area contributed by atoms with Gasteiger partial charge in [0, 0.05) is 10.8 Å². The molecular weight excluding hydrogens is 536 g/mol. The lowest BCUT2D eigenvalue weighted by molar-refractivity contribution is -0.128. The molecule has 2 nitrogen and oxygen atoms in total. The molecule has 4 saturated carbocycles. The number of fused-ring (bicyclic) bond motifs is 10. The summed E-state index contributed by atoms with van der Waals surface area (Å²) in [4.78, 5) is 12.5. The monoisotopic (exact) mass is 590 g/mol. The van der Waals surface area contributed by atoms with Crippen molar-refractivity contribution in [1.82, 2.24) is 0 Å². The normalized spacial score (nSPS) is 47.0. The summed E-state index contributed by atoms with van der Waals surface area (Å²) in [7, 11) is 0.